The third kappa shape index (κ3) is 4.08. The highest BCUT2D eigenvalue weighted by molar-refractivity contribution is 5.97. The van der Waals surface area contributed by atoms with Crippen LogP contribution in [0.15, 0.2) is 18.5 Å². The van der Waals surface area contributed by atoms with Crippen molar-refractivity contribution in [2.24, 2.45) is 5.41 Å². The molecule has 0 atom stereocenters. The molecule has 0 saturated heterocycles. The van der Waals surface area contributed by atoms with Gasteiger partial charge in [-0.1, -0.05) is 20.8 Å². The van der Waals surface area contributed by atoms with Crippen molar-refractivity contribution in [2.75, 3.05) is 12.4 Å². The maximum Gasteiger partial charge on any atom is 0.328 e. The van der Waals surface area contributed by atoms with Crippen molar-refractivity contribution in [3.05, 3.63) is 24.0 Å². The predicted octanol–water partition coefficient (Wildman–Crippen LogP) is 2.17. The van der Waals surface area contributed by atoms with E-state index in [1.54, 1.807) is 20.8 Å². The Kier molecular flexibility index (Phi) is 4.85. The molecule has 1 aromatic rings. The van der Waals surface area contributed by atoms with Gasteiger partial charge in [0.1, 0.15) is 5.75 Å². The van der Waals surface area contributed by atoms with Gasteiger partial charge in [0.15, 0.2) is 0 Å². The van der Waals surface area contributed by atoms with Crippen LogP contribution in [0.2, 0.25) is 0 Å². The topological polar surface area (TPSA) is 88.5 Å². The summed E-state index contributed by atoms with van der Waals surface area (Å²) in [4.78, 5) is 26.6. The monoisotopic (exact) mass is 278 g/mol. The van der Waals surface area contributed by atoms with Crippen molar-refractivity contribution in [1.82, 2.24) is 4.98 Å². The van der Waals surface area contributed by atoms with E-state index >= 15 is 0 Å². The number of methoxy groups -OCH3 is 1. The molecule has 0 unspecified atom stereocenters. The molecule has 0 bridgehead atoms. The summed E-state index contributed by atoms with van der Waals surface area (Å²) in [5.41, 5.74) is 0.293. The Bertz CT molecular complexity index is 545. The zero-order chi connectivity index (χ0) is 15.3. The lowest BCUT2D eigenvalue weighted by atomic mass is 9.95. The number of pyridine rings is 1. The van der Waals surface area contributed by atoms with E-state index in [1.165, 1.54) is 25.6 Å². The van der Waals surface area contributed by atoms with Gasteiger partial charge < -0.3 is 15.2 Å². The molecule has 6 heteroatoms. The van der Waals surface area contributed by atoms with Crippen LogP contribution >= 0.6 is 0 Å². The molecule has 0 aliphatic heterocycles. The molecule has 0 spiro atoms. The molecular weight excluding hydrogens is 260 g/mol. The Balaban J connectivity index is 3.19. The standard InChI is InChI=1S/C14H18N2O4/c1-14(2,3)13(19)16-10-7-15-8-11(20-4)9(10)5-6-12(17)18/h5-8H,1-4H3,(H,16,19)(H,17,18). The number of aliphatic carboxylic acids is 1. The lowest BCUT2D eigenvalue weighted by Gasteiger charge is -2.19. The van der Waals surface area contributed by atoms with Gasteiger partial charge in [0, 0.05) is 17.1 Å². The number of nitrogens with zero attached hydrogens (tertiary/aromatic N) is 1. The van der Waals surface area contributed by atoms with Crippen molar-refractivity contribution in [2.45, 2.75) is 20.8 Å². The Morgan fingerprint density at radius 3 is 2.50 bits per heavy atom. The number of amides is 1. The molecule has 20 heavy (non-hydrogen) atoms. The number of nitrogens with one attached hydrogen (secondary N) is 1. The molecular formula is C14H18N2O4. The first-order chi connectivity index (χ1) is 9.25. The number of aromatic nitrogens is 1. The number of ether oxygens (including phenoxy) is 1. The largest absolute Gasteiger partial charge is 0.494 e. The van der Waals surface area contributed by atoms with Crippen molar-refractivity contribution in [3.8, 4) is 5.75 Å². The summed E-state index contributed by atoms with van der Waals surface area (Å²) < 4.78 is 5.13. The summed E-state index contributed by atoms with van der Waals surface area (Å²) in [5.74, 6) is -0.899. The highest BCUT2D eigenvalue weighted by Gasteiger charge is 2.22. The first-order valence-electron chi connectivity index (χ1n) is 6.00. The minimum absolute atomic E-state index is 0.197. The molecule has 0 aliphatic rings. The molecule has 1 rings (SSSR count). The lowest BCUT2D eigenvalue weighted by molar-refractivity contribution is -0.131. The number of carbonyl (C=O) groups excluding carboxylic acids is 1. The van der Waals surface area contributed by atoms with Gasteiger partial charge in [-0.25, -0.2) is 4.79 Å². The highest BCUT2D eigenvalue weighted by Crippen LogP contribution is 2.28. The fourth-order valence-electron chi connectivity index (χ4n) is 1.35. The van der Waals surface area contributed by atoms with Crippen molar-refractivity contribution in [1.29, 1.82) is 0 Å². The number of rotatable bonds is 4. The van der Waals surface area contributed by atoms with Crippen LogP contribution in [-0.4, -0.2) is 29.1 Å². The van der Waals surface area contributed by atoms with Gasteiger partial charge in [-0.2, -0.15) is 0 Å². The van der Waals surface area contributed by atoms with Crippen LogP contribution in [0.4, 0.5) is 5.69 Å². The smallest absolute Gasteiger partial charge is 0.328 e. The number of anilines is 1. The first-order valence-corrected chi connectivity index (χ1v) is 6.00. The average Bonchev–Trinajstić information content (AvgIpc) is 2.35. The molecule has 0 radical (unpaired) electrons. The summed E-state index contributed by atoms with van der Waals surface area (Å²) in [7, 11) is 1.45. The quantitative estimate of drug-likeness (QED) is 0.824. The second kappa shape index (κ2) is 6.18. The van der Waals surface area contributed by atoms with E-state index in [1.807, 2.05) is 0 Å². The Labute approximate surface area is 117 Å². The van der Waals surface area contributed by atoms with Crippen LogP contribution in [0.25, 0.3) is 6.08 Å². The van der Waals surface area contributed by atoms with Gasteiger partial charge in [0.25, 0.3) is 0 Å². The molecule has 0 aliphatic carbocycles. The van der Waals surface area contributed by atoms with Crippen molar-refractivity contribution in [3.63, 3.8) is 0 Å². The van der Waals surface area contributed by atoms with Crippen LogP contribution in [0, 0.1) is 5.41 Å². The van der Waals surface area contributed by atoms with Gasteiger partial charge in [0.2, 0.25) is 5.91 Å². The van der Waals surface area contributed by atoms with Gasteiger partial charge >= 0.3 is 5.97 Å². The minimum atomic E-state index is -1.09. The average molecular weight is 278 g/mol. The Hall–Kier alpha value is -2.37. The van der Waals surface area contributed by atoms with Crippen LogP contribution in [0.1, 0.15) is 26.3 Å². The van der Waals surface area contributed by atoms with E-state index in [0.717, 1.165) is 6.08 Å². The van der Waals surface area contributed by atoms with E-state index in [-0.39, 0.29) is 5.91 Å². The molecule has 1 aromatic heterocycles. The van der Waals surface area contributed by atoms with E-state index < -0.39 is 11.4 Å². The van der Waals surface area contributed by atoms with E-state index in [0.29, 0.717) is 17.0 Å². The number of carboxylic acids is 1. The lowest BCUT2D eigenvalue weighted by Crippen LogP contribution is -2.28. The summed E-state index contributed by atoms with van der Waals surface area (Å²) in [6.45, 7) is 5.34. The molecule has 2 N–H and O–H groups in total. The zero-order valence-electron chi connectivity index (χ0n) is 11.9. The van der Waals surface area contributed by atoms with E-state index in [2.05, 4.69) is 10.3 Å². The maximum absolute atomic E-state index is 12.0. The summed E-state index contributed by atoms with van der Waals surface area (Å²) in [6, 6.07) is 0. The molecule has 1 heterocycles. The van der Waals surface area contributed by atoms with Gasteiger partial charge in [0.05, 0.1) is 25.2 Å². The fourth-order valence-corrected chi connectivity index (χ4v) is 1.35. The molecule has 0 aromatic carbocycles. The summed E-state index contributed by atoms with van der Waals surface area (Å²) in [5, 5.41) is 11.4. The number of carbonyl (C=O) groups is 2. The molecule has 0 saturated carbocycles. The SMILES string of the molecule is COc1cncc(NC(=O)C(C)(C)C)c1C=CC(=O)O. The predicted molar refractivity (Wildman–Crippen MR) is 75.5 cm³/mol. The summed E-state index contributed by atoms with van der Waals surface area (Å²) >= 11 is 0. The van der Waals surface area contributed by atoms with Crippen LogP contribution < -0.4 is 10.1 Å². The molecule has 0 fully saturated rings. The highest BCUT2D eigenvalue weighted by atomic mass is 16.5. The van der Waals surface area contributed by atoms with Crippen LogP contribution in [-0.2, 0) is 9.59 Å². The summed E-state index contributed by atoms with van der Waals surface area (Å²) in [6.07, 6.45) is 5.24. The molecule has 108 valence electrons. The number of carboxylic acid groups (broad SMARTS) is 1. The van der Waals surface area contributed by atoms with Gasteiger partial charge in [-0.05, 0) is 6.08 Å². The number of hydrogen-bond acceptors (Lipinski definition) is 4. The van der Waals surface area contributed by atoms with Crippen LogP contribution in [0.5, 0.6) is 5.75 Å². The third-order valence-corrected chi connectivity index (χ3v) is 2.49. The van der Waals surface area contributed by atoms with Crippen LogP contribution in [0.3, 0.4) is 0 Å². The minimum Gasteiger partial charge on any atom is -0.494 e. The number of hydrogen-bond donors (Lipinski definition) is 2. The second-order valence-electron chi connectivity index (χ2n) is 5.18. The Morgan fingerprint density at radius 1 is 1.35 bits per heavy atom. The van der Waals surface area contributed by atoms with E-state index in [9.17, 15) is 9.59 Å². The Morgan fingerprint density at radius 2 is 2.00 bits per heavy atom. The fraction of sp³-hybridized carbons (Fsp3) is 0.357. The van der Waals surface area contributed by atoms with Gasteiger partial charge in [-0.15, -0.1) is 0 Å². The normalized spacial score (nSPS) is 11.4. The van der Waals surface area contributed by atoms with Gasteiger partial charge in [-0.3, -0.25) is 9.78 Å². The third-order valence-electron chi connectivity index (χ3n) is 2.49. The first kappa shape index (κ1) is 15.7. The molecule has 1 amide bonds. The molecule has 6 nitrogen and oxygen atoms in total. The van der Waals surface area contributed by atoms with Crippen molar-refractivity contribution >= 4 is 23.6 Å². The zero-order valence-corrected chi connectivity index (χ0v) is 11.9. The van der Waals surface area contributed by atoms with E-state index in [4.69, 9.17) is 9.84 Å². The van der Waals surface area contributed by atoms with Crippen molar-refractivity contribution < 1.29 is 19.4 Å². The maximum atomic E-state index is 12.0. The second-order valence-corrected chi connectivity index (χ2v) is 5.18.